The minimum atomic E-state index is 0.388. The zero-order valence-corrected chi connectivity index (χ0v) is 13.8. The van der Waals surface area contributed by atoms with Crippen LogP contribution in [-0.2, 0) is 0 Å². The summed E-state index contributed by atoms with van der Waals surface area (Å²) in [5.41, 5.74) is 0.388. The van der Waals surface area contributed by atoms with Gasteiger partial charge in [-0.25, -0.2) is 0 Å². The molecule has 3 rings (SSSR count). The Hall–Kier alpha value is -0.220. The monoisotopic (exact) mass is 295 g/mol. The van der Waals surface area contributed by atoms with Gasteiger partial charge in [-0.05, 0) is 64.0 Å². The van der Waals surface area contributed by atoms with E-state index in [9.17, 15) is 0 Å². The second-order valence-corrected chi connectivity index (χ2v) is 8.26. The summed E-state index contributed by atoms with van der Waals surface area (Å²) in [6.45, 7) is 5.90. The second kappa shape index (κ2) is 6.27. The molecule has 1 aliphatic carbocycles. The molecule has 1 saturated carbocycles. The van der Waals surface area contributed by atoms with Crippen molar-refractivity contribution in [2.45, 2.75) is 51.0 Å². The smallest absolute Gasteiger partial charge is 0.157 e. The van der Waals surface area contributed by atoms with Crippen LogP contribution in [0.25, 0.3) is 0 Å². The van der Waals surface area contributed by atoms with E-state index in [0.717, 1.165) is 18.4 Å². The molecule has 20 heavy (non-hydrogen) atoms. The fourth-order valence-corrected chi connectivity index (χ4v) is 5.04. The molecule has 2 saturated heterocycles. The fourth-order valence-electron chi connectivity index (χ4n) is 3.81. The normalized spacial score (nSPS) is 41.2. The van der Waals surface area contributed by atoms with Crippen molar-refractivity contribution in [1.29, 1.82) is 0 Å². The number of rotatable bonds is 2. The van der Waals surface area contributed by atoms with Crippen molar-refractivity contribution < 1.29 is 0 Å². The first-order valence-electron chi connectivity index (χ1n) is 8.29. The highest BCUT2D eigenvalue weighted by Crippen LogP contribution is 2.38. The maximum absolute atomic E-state index is 4.89. The Morgan fingerprint density at radius 2 is 2.15 bits per heavy atom. The van der Waals surface area contributed by atoms with Crippen molar-refractivity contribution >= 4 is 16.9 Å². The topological polar surface area (TPSA) is 27.6 Å². The van der Waals surface area contributed by atoms with Gasteiger partial charge in [0.1, 0.15) is 0 Å². The summed E-state index contributed by atoms with van der Waals surface area (Å²) in [5, 5.41) is 5.01. The van der Waals surface area contributed by atoms with Crippen LogP contribution in [0.1, 0.15) is 45.4 Å². The molecular weight excluding hydrogens is 266 g/mol. The highest BCUT2D eigenvalue weighted by atomic mass is 32.2. The Balaban J connectivity index is 1.50. The molecule has 3 nitrogen and oxygen atoms in total. The van der Waals surface area contributed by atoms with E-state index < -0.39 is 0 Å². The number of thioether (sulfide) groups is 1. The van der Waals surface area contributed by atoms with Crippen LogP contribution in [-0.4, -0.2) is 48.0 Å². The SMILES string of the molecule is CC1CCC2(CC1)CSC(=NCC1CCCN(C)C1)N2. The van der Waals surface area contributed by atoms with Crippen LogP contribution in [0.15, 0.2) is 4.99 Å². The molecular formula is C16H29N3S. The van der Waals surface area contributed by atoms with Crippen molar-refractivity contribution in [3.8, 4) is 0 Å². The average Bonchev–Trinajstić information content (AvgIpc) is 2.84. The molecule has 2 heterocycles. The largest absolute Gasteiger partial charge is 0.359 e. The maximum Gasteiger partial charge on any atom is 0.157 e. The molecule has 1 unspecified atom stereocenters. The minimum absolute atomic E-state index is 0.388. The Labute approximate surface area is 128 Å². The summed E-state index contributed by atoms with van der Waals surface area (Å²) in [4.78, 5) is 7.34. The molecule has 0 bridgehead atoms. The van der Waals surface area contributed by atoms with Crippen LogP contribution in [0.5, 0.6) is 0 Å². The first kappa shape index (κ1) is 14.7. The van der Waals surface area contributed by atoms with E-state index in [0.29, 0.717) is 5.54 Å². The van der Waals surface area contributed by atoms with Gasteiger partial charge in [-0.3, -0.25) is 4.99 Å². The summed E-state index contributed by atoms with van der Waals surface area (Å²) >= 11 is 1.96. The van der Waals surface area contributed by atoms with E-state index in [-0.39, 0.29) is 0 Å². The molecule has 0 radical (unpaired) electrons. The lowest BCUT2D eigenvalue weighted by molar-refractivity contribution is 0.214. The average molecular weight is 295 g/mol. The molecule has 0 aromatic rings. The molecule has 4 heteroatoms. The first-order valence-corrected chi connectivity index (χ1v) is 9.28. The van der Waals surface area contributed by atoms with Gasteiger partial charge < -0.3 is 10.2 Å². The molecule has 0 amide bonds. The molecule has 3 aliphatic rings. The standard InChI is InChI=1S/C16H29N3S/c1-13-5-7-16(8-6-13)12-20-15(18-16)17-10-14-4-3-9-19(2)11-14/h13-14H,3-12H2,1-2H3,(H,17,18). The number of amidine groups is 1. The molecule has 1 atom stereocenters. The molecule has 3 fully saturated rings. The predicted octanol–water partition coefficient (Wildman–Crippen LogP) is 2.97. The van der Waals surface area contributed by atoms with E-state index in [4.69, 9.17) is 4.99 Å². The van der Waals surface area contributed by atoms with Gasteiger partial charge in [0.15, 0.2) is 5.17 Å². The van der Waals surface area contributed by atoms with Crippen molar-refractivity contribution in [2.24, 2.45) is 16.8 Å². The van der Waals surface area contributed by atoms with Gasteiger partial charge in [-0.2, -0.15) is 0 Å². The Bertz CT molecular complexity index is 361. The molecule has 2 aliphatic heterocycles. The van der Waals surface area contributed by atoms with E-state index in [1.54, 1.807) is 0 Å². The zero-order chi connectivity index (χ0) is 14.0. The minimum Gasteiger partial charge on any atom is -0.359 e. The van der Waals surface area contributed by atoms with Crippen molar-refractivity contribution in [3.05, 3.63) is 0 Å². The maximum atomic E-state index is 4.89. The van der Waals surface area contributed by atoms with E-state index in [1.807, 2.05) is 11.8 Å². The number of nitrogens with one attached hydrogen (secondary N) is 1. The fraction of sp³-hybridized carbons (Fsp3) is 0.938. The molecule has 1 N–H and O–H groups in total. The number of nitrogens with zero attached hydrogens (tertiary/aromatic N) is 2. The van der Waals surface area contributed by atoms with E-state index >= 15 is 0 Å². The summed E-state index contributed by atoms with van der Waals surface area (Å²) in [6, 6.07) is 0. The van der Waals surface area contributed by atoms with Gasteiger partial charge in [0.25, 0.3) is 0 Å². The summed E-state index contributed by atoms with van der Waals surface area (Å²) in [7, 11) is 2.24. The third-order valence-corrected chi connectivity index (χ3v) is 6.51. The van der Waals surface area contributed by atoms with Crippen molar-refractivity contribution in [2.75, 3.05) is 32.4 Å². The van der Waals surface area contributed by atoms with E-state index in [1.165, 1.54) is 62.5 Å². The van der Waals surface area contributed by atoms with Crippen molar-refractivity contribution in [1.82, 2.24) is 10.2 Å². The molecule has 1 spiro atoms. The van der Waals surface area contributed by atoms with Gasteiger partial charge in [-0.1, -0.05) is 18.7 Å². The van der Waals surface area contributed by atoms with Crippen LogP contribution in [0, 0.1) is 11.8 Å². The van der Waals surface area contributed by atoms with Gasteiger partial charge in [0.05, 0.1) is 0 Å². The van der Waals surface area contributed by atoms with Crippen LogP contribution < -0.4 is 5.32 Å². The Morgan fingerprint density at radius 1 is 1.35 bits per heavy atom. The van der Waals surface area contributed by atoms with Crippen LogP contribution >= 0.6 is 11.8 Å². The number of hydrogen-bond donors (Lipinski definition) is 1. The van der Waals surface area contributed by atoms with Crippen molar-refractivity contribution in [3.63, 3.8) is 0 Å². The van der Waals surface area contributed by atoms with Gasteiger partial charge >= 0.3 is 0 Å². The number of hydrogen-bond acceptors (Lipinski definition) is 3. The lowest BCUT2D eigenvalue weighted by Crippen LogP contribution is -2.46. The second-order valence-electron chi connectivity index (χ2n) is 7.29. The summed E-state index contributed by atoms with van der Waals surface area (Å²) in [5.74, 6) is 2.93. The third-order valence-electron chi connectivity index (χ3n) is 5.30. The number of aliphatic imine (C=N–C) groups is 1. The zero-order valence-electron chi connectivity index (χ0n) is 13.0. The number of piperidine rings is 1. The first-order chi connectivity index (χ1) is 9.65. The van der Waals surface area contributed by atoms with Crippen LogP contribution in [0.3, 0.4) is 0 Å². The molecule has 114 valence electrons. The lowest BCUT2D eigenvalue weighted by Gasteiger charge is -2.35. The highest BCUT2D eigenvalue weighted by Gasteiger charge is 2.39. The Morgan fingerprint density at radius 3 is 2.90 bits per heavy atom. The van der Waals surface area contributed by atoms with Gasteiger partial charge in [0, 0.05) is 24.4 Å². The Kier molecular flexibility index (Phi) is 4.61. The molecule has 0 aromatic heterocycles. The number of likely N-dealkylation sites (tertiary alicyclic amines) is 1. The third kappa shape index (κ3) is 3.51. The van der Waals surface area contributed by atoms with E-state index in [2.05, 4.69) is 24.2 Å². The summed E-state index contributed by atoms with van der Waals surface area (Å²) in [6.07, 6.45) is 8.14. The van der Waals surface area contributed by atoms with Gasteiger partial charge in [0.2, 0.25) is 0 Å². The van der Waals surface area contributed by atoms with Crippen LogP contribution in [0.2, 0.25) is 0 Å². The summed E-state index contributed by atoms with van der Waals surface area (Å²) < 4.78 is 0. The van der Waals surface area contributed by atoms with Crippen LogP contribution in [0.4, 0.5) is 0 Å². The lowest BCUT2D eigenvalue weighted by atomic mass is 9.78. The molecule has 0 aromatic carbocycles. The predicted molar refractivity (Wildman–Crippen MR) is 88.5 cm³/mol. The quantitative estimate of drug-likeness (QED) is 0.849. The highest BCUT2D eigenvalue weighted by molar-refractivity contribution is 8.14. The van der Waals surface area contributed by atoms with Gasteiger partial charge in [-0.15, -0.1) is 0 Å².